The molecule has 2 heterocycles. The van der Waals surface area contributed by atoms with Crippen LogP contribution < -0.4 is 5.32 Å². The van der Waals surface area contributed by atoms with E-state index in [2.05, 4.69) is 5.32 Å². The van der Waals surface area contributed by atoms with Crippen molar-refractivity contribution in [1.29, 1.82) is 0 Å². The van der Waals surface area contributed by atoms with Crippen LogP contribution in [0.5, 0.6) is 0 Å². The lowest BCUT2D eigenvalue weighted by Gasteiger charge is -2.31. The molecule has 1 aromatic heterocycles. The Kier molecular flexibility index (Phi) is 7.27. The minimum atomic E-state index is -3.57. The van der Waals surface area contributed by atoms with Crippen molar-refractivity contribution < 1.29 is 18.0 Å². The first-order valence-electron chi connectivity index (χ1n) is 10.0. The predicted molar refractivity (Wildman–Crippen MR) is 118 cm³/mol. The van der Waals surface area contributed by atoms with E-state index in [1.54, 1.807) is 22.4 Å². The molecule has 1 aromatic carbocycles. The van der Waals surface area contributed by atoms with E-state index in [0.717, 1.165) is 5.56 Å². The van der Waals surface area contributed by atoms with Gasteiger partial charge in [-0.25, -0.2) is 8.42 Å². The molecule has 1 saturated heterocycles. The highest BCUT2D eigenvalue weighted by Crippen LogP contribution is 2.27. The Labute approximate surface area is 181 Å². The first-order chi connectivity index (χ1) is 14.3. The monoisotopic (exact) mass is 449 g/mol. The molecular weight excluding hydrogens is 422 g/mol. The molecule has 0 radical (unpaired) electrons. The Morgan fingerprint density at radius 2 is 2.00 bits per heavy atom. The third kappa shape index (κ3) is 5.08. The van der Waals surface area contributed by atoms with Crippen molar-refractivity contribution in [3.8, 4) is 0 Å². The number of benzene rings is 1. The molecule has 2 amide bonds. The second kappa shape index (κ2) is 9.72. The van der Waals surface area contributed by atoms with E-state index in [9.17, 15) is 18.0 Å². The van der Waals surface area contributed by atoms with Gasteiger partial charge in [0.25, 0.3) is 10.0 Å². The fraction of sp³-hybridized carbons (Fsp3) is 0.429. The zero-order valence-corrected chi connectivity index (χ0v) is 18.8. The molecule has 0 bridgehead atoms. The predicted octanol–water partition coefficient (Wildman–Crippen LogP) is 3.16. The third-order valence-electron chi connectivity index (χ3n) is 5.31. The number of carbonyl (C=O) groups excluding carboxylic acids is 2. The normalized spacial score (nSPS) is 17.5. The van der Waals surface area contributed by atoms with Gasteiger partial charge in [-0.2, -0.15) is 4.31 Å². The number of thiophene rings is 1. The van der Waals surface area contributed by atoms with Crippen molar-refractivity contribution in [2.75, 3.05) is 25.0 Å². The minimum absolute atomic E-state index is 0.0275. The number of hydrogen-bond donors (Lipinski definition) is 1. The van der Waals surface area contributed by atoms with E-state index < -0.39 is 15.9 Å². The van der Waals surface area contributed by atoms with Crippen LogP contribution in [0.2, 0.25) is 0 Å². The van der Waals surface area contributed by atoms with Crippen molar-refractivity contribution in [1.82, 2.24) is 9.21 Å². The van der Waals surface area contributed by atoms with Crippen molar-refractivity contribution in [3.63, 3.8) is 0 Å². The minimum Gasteiger partial charge on any atom is -0.339 e. The summed E-state index contributed by atoms with van der Waals surface area (Å²) in [4.78, 5) is 26.4. The Hall–Kier alpha value is -2.23. The Morgan fingerprint density at radius 1 is 1.23 bits per heavy atom. The summed E-state index contributed by atoms with van der Waals surface area (Å²) in [6.45, 7) is 5.01. The zero-order valence-electron chi connectivity index (χ0n) is 17.2. The first kappa shape index (κ1) is 22.5. The number of hydrogen-bond acceptors (Lipinski definition) is 5. The molecule has 7 nitrogen and oxygen atoms in total. The van der Waals surface area contributed by atoms with Gasteiger partial charge in [0.2, 0.25) is 11.8 Å². The number of para-hydroxylation sites is 1. The summed E-state index contributed by atoms with van der Waals surface area (Å²) in [5.41, 5.74) is 1.50. The van der Waals surface area contributed by atoms with Gasteiger partial charge in [0, 0.05) is 38.8 Å². The summed E-state index contributed by atoms with van der Waals surface area (Å²) < 4.78 is 27.3. The molecule has 0 saturated carbocycles. The molecule has 1 aliphatic heterocycles. The highest BCUT2D eigenvalue weighted by molar-refractivity contribution is 7.91. The number of amides is 2. The van der Waals surface area contributed by atoms with Crippen molar-refractivity contribution >= 4 is 38.9 Å². The van der Waals surface area contributed by atoms with Gasteiger partial charge >= 0.3 is 0 Å². The lowest BCUT2D eigenvalue weighted by molar-refractivity contribution is -0.129. The van der Waals surface area contributed by atoms with Crippen LogP contribution in [0, 0.1) is 5.92 Å². The van der Waals surface area contributed by atoms with Crippen molar-refractivity contribution in [3.05, 3.63) is 47.3 Å². The van der Waals surface area contributed by atoms with Gasteiger partial charge in [-0.3, -0.25) is 9.59 Å². The topological polar surface area (TPSA) is 86.8 Å². The second-order valence-electron chi connectivity index (χ2n) is 7.31. The molecule has 1 N–H and O–H groups in total. The fourth-order valence-electron chi connectivity index (χ4n) is 3.58. The number of piperidine rings is 1. The van der Waals surface area contributed by atoms with E-state index in [4.69, 9.17) is 0 Å². The molecule has 162 valence electrons. The molecule has 1 aliphatic rings. The molecule has 0 spiro atoms. The Bertz CT molecular complexity index is 989. The Morgan fingerprint density at radius 3 is 2.67 bits per heavy atom. The van der Waals surface area contributed by atoms with E-state index >= 15 is 0 Å². The number of sulfonamides is 1. The number of nitrogens with one attached hydrogen (secondary N) is 1. The van der Waals surface area contributed by atoms with Gasteiger partial charge in [0.15, 0.2) is 0 Å². The summed E-state index contributed by atoms with van der Waals surface area (Å²) in [5, 5.41) is 4.69. The number of carbonyl (C=O) groups is 2. The molecular formula is C21H27N3O4S2. The molecule has 9 heteroatoms. The highest BCUT2D eigenvalue weighted by Gasteiger charge is 2.34. The lowest BCUT2D eigenvalue weighted by atomic mass is 9.98. The first-order valence-corrected chi connectivity index (χ1v) is 12.3. The Balaban J connectivity index is 1.71. The average molecular weight is 450 g/mol. The van der Waals surface area contributed by atoms with Gasteiger partial charge in [0.05, 0.1) is 5.92 Å². The summed E-state index contributed by atoms with van der Waals surface area (Å²) in [6.07, 6.45) is 1.28. The molecule has 3 rings (SSSR count). The van der Waals surface area contributed by atoms with Gasteiger partial charge in [-0.05, 0) is 42.8 Å². The van der Waals surface area contributed by atoms with Crippen LogP contribution in [0.3, 0.4) is 0 Å². The van der Waals surface area contributed by atoms with Crippen LogP contribution in [0.1, 0.15) is 32.3 Å². The van der Waals surface area contributed by atoms with E-state index in [1.165, 1.54) is 22.6 Å². The number of nitrogens with zero attached hydrogens (tertiary/aromatic N) is 2. The number of rotatable bonds is 7. The van der Waals surface area contributed by atoms with Crippen LogP contribution in [-0.2, 0) is 26.2 Å². The van der Waals surface area contributed by atoms with E-state index in [0.29, 0.717) is 42.4 Å². The summed E-state index contributed by atoms with van der Waals surface area (Å²) in [5.74, 6) is -0.642. The van der Waals surface area contributed by atoms with Crippen LogP contribution in [0.25, 0.3) is 0 Å². The van der Waals surface area contributed by atoms with Gasteiger partial charge < -0.3 is 10.2 Å². The van der Waals surface area contributed by atoms with Crippen LogP contribution in [-0.4, -0.2) is 49.1 Å². The van der Waals surface area contributed by atoms with Gasteiger partial charge in [-0.15, -0.1) is 11.3 Å². The van der Waals surface area contributed by atoms with Crippen molar-refractivity contribution in [2.45, 2.75) is 37.4 Å². The summed E-state index contributed by atoms with van der Waals surface area (Å²) >= 11 is 1.19. The highest BCUT2D eigenvalue weighted by atomic mass is 32.2. The quantitative estimate of drug-likeness (QED) is 0.703. The zero-order chi connectivity index (χ0) is 21.7. The maximum Gasteiger partial charge on any atom is 0.252 e. The van der Waals surface area contributed by atoms with Crippen LogP contribution in [0.15, 0.2) is 46.0 Å². The maximum absolute atomic E-state index is 13.0. The lowest BCUT2D eigenvalue weighted by Crippen LogP contribution is -2.43. The van der Waals surface area contributed by atoms with E-state index in [1.807, 2.05) is 31.2 Å². The summed E-state index contributed by atoms with van der Waals surface area (Å²) in [7, 11) is -3.57. The standard InChI is InChI=1S/C21H27N3O4S2/c1-3-23(16(2)25)14-17-8-4-5-10-19(17)22-21(26)18-9-6-12-24(15-18)30(27,28)20-11-7-13-29-20/h4-5,7-8,10-11,13,18H,3,6,9,12,14-15H2,1-2H3,(H,22,26). The van der Waals surface area contributed by atoms with Crippen LogP contribution in [0.4, 0.5) is 5.69 Å². The molecule has 1 atom stereocenters. The second-order valence-corrected chi connectivity index (χ2v) is 10.4. The fourth-order valence-corrected chi connectivity index (χ4v) is 6.25. The molecule has 30 heavy (non-hydrogen) atoms. The molecule has 1 unspecified atom stereocenters. The largest absolute Gasteiger partial charge is 0.339 e. The summed E-state index contributed by atoms with van der Waals surface area (Å²) in [6, 6.07) is 10.7. The van der Waals surface area contributed by atoms with Crippen molar-refractivity contribution in [2.24, 2.45) is 5.92 Å². The van der Waals surface area contributed by atoms with Gasteiger partial charge in [0.1, 0.15) is 4.21 Å². The number of anilines is 1. The van der Waals surface area contributed by atoms with Gasteiger partial charge in [-0.1, -0.05) is 24.3 Å². The molecule has 2 aromatic rings. The maximum atomic E-state index is 13.0. The van der Waals surface area contributed by atoms with Crippen LogP contribution >= 0.6 is 11.3 Å². The van der Waals surface area contributed by atoms with E-state index in [-0.39, 0.29) is 18.4 Å². The SMILES string of the molecule is CCN(Cc1ccccc1NC(=O)C1CCCN(S(=O)(=O)c2cccs2)C1)C(C)=O. The molecule has 1 fully saturated rings. The average Bonchev–Trinajstić information content (AvgIpc) is 3.28. The smallest absolute Gasteiger partial charge is 0.252 e. The third-order valence-corrected chi connectivity index (χ3v) is 8.55. The molecule has 0 aliphatic carbocycles.